The Bertz CT molecular complexity index is 1610. The van der Waals surface area contributed by atoms with E-state index in [4.69, 9.17) is 14.2 Å². The van der Waals surface area contributed by atoms with Crippen LogP contribution in [0.3, 0.4) is 0 Å². The number of ether oxygens (including phenoxy) is 3. The Labute approximate surface area is 515 Å². The Morgan fingerprint density at radius 3 is 0.843 bits per heavy atom. The minimum Gasteiger partial charge on any atom is -0.462 e. The van der Waals surface area contributed by atoms with E-state index in [1.807, 2.05) is 6.08 Å². The van der Waals surface area contributed by atoms with E-state index in [9.17, 15) is 14.4 Å². The monoisotopic (exact) mass is 1160 g/mol. The van der Waals surface area contributed by atoms with Crippen LogP contribution in [0.4, 0.5) is 0 Å². The topological polar surface area (TPSA) is 78.9 Å². The molecule has 83 heavy (non-hydrogen) atoms. The maximum atomic E-state index is 12.9. The minimum atomic E-state index is -0.824. The van der Waals surface area contributed by atoms with Crippen molar-refractivity contribution in [2.45, 2.75) is 361 Å². The highest BCUT2D eigenvalue weighted by Crippen LogP contribution is 2.18. The molecule has 0 rings (SSSR count). The Balaban J connectivity index is 4.21. The van der Waals surface area contributed by atoms with Crippen molar-refractivity contribution >= 4 is 17.9 Å². The maximum absolute atomic E-state index is 12.9. The summed E-state index contributed by atoms with van der Waals surface area (Å²) in [6, 6.07) is 0. The largest absolute Gasteiger partial charge is 0.462 e. The van der Waals surface area contributed by atoms with Crippen LogP contribution in [-0.4, -0.2) is 37.2 Å². The summed E-state index contributed by atoms with van der Waals surface area (Å²) < 4.78 is 16.8. The van der Waals surface area contributed by atoms with E-state index in [-0.39, 0.29) is 31.6 Å². The summed E-state index contributed by atoms with van der Waals surface area (Å²) in [5.74, 6) is -1.04. The molecule has 6 nitrogen and oxygen atoms in total. The number of hydrogen-bond donors (Lipinski definition) is 0. The molecule has 0 aromatic rings. The Hall–Kier alpha value is -3.67. The van der Waals surface area contributed by atoms with E-state index in [0.29, 0.717) is 12.8 Å². The van der Waals surface area contributed by atoms with Crippen LogP contribution in [0, 0.1) is 0 Å². The summed E-state index contributed by atoms with van der Waals surface area (Å²) in [6.45, 7) is 6.36. The normalized spacial score (nSPS) is 12.7. The van der Waals surface area contributed by atoms with Crippen LogP contribution in [0.25, 0.3) is 0 Å². The fraction of sp³-hybridized carbons (Fsp3) is 0.753. The van der Waals surface area contributed by atoms with Gasteiger partial charge in [0.15, 0.2) is 6.10 Å². The van der Waals surface area contributed by atoms with E-state index < -0.39 is 12.1 Å². The SMILES string of the molecule is CC/C=C\C/C=C\C/C=C\C/C=C\C/C=C\CC(=O)OCC(COC(=O)CCCCCCCCCCCCCCCCCCCCCCCCCCCCCCCCCCC)OC(=O)CCCCCCCCC/C=C\C/C=C\C/C=C\CC. The summed E-state index contributed by atoms with van der Waals surface area (Å²) >= 11 is 0. The molecule has 0 bridgehead atoms. The average molecular weight is 1160 g/mol. The number of allylic oxidation sites excluding steroid dienone is 15. The highest BCUT2D eigenvalue weighted by molar-refractivity contribution is 5.72. The maximum Gasteiger partial charge on any atom is 0.309 e. The van der Waals surface area contributed by atoms with Crippen LogP contribution >= 0.6 is 0 Å². The quantitative estimate of drug-likeness (QED) is 0.0261. The molecule has 0 N–H and O–H groups in total. The molecule has 0 saturated heterocycles. The van der Waals surface area contributed by atoms with E-state index in [0.717, 1.165) is 96.3 Å². The second-order valence-corrected chi connectivity index (χ2v) is 23.8. The number of carbonyl (C=O) groups excluding carboxylic acids is 3. The van der Waals surface area contributed by atoms with Crippen molar-refractivity contribution in [2.24, 2.45) is 0 Å². The first-order valence-electron chi connectivity index (χ1n) is 35.7. The lowest BCUT2D eigenvalue weighted by molar-refractivity contribution is -0.166. The molecule has 0 aliphatic carbocycles. The Morgan fingerprint density at radius 1 is 0.265 bits per heavy atom. The third-order valence-corrected chi connectivity index (χ3v) is 15.6. The van der Waals surface area contributed by atoms with Crippen molar-refractivity contribution in [3.63, 3.8) is 0 Å². The fourth-order valence-corrected chi connectivity index (χ4v) is 10.4. The van der Waals surface area contributed by atoms with Gasteiger partial charge in [0.2, 0.25) is 0 Å². The number of rotatable bonds is 65. The fourth-order valence-electron chi connectivity index (χ4n) is 10.4. The number of esters is 3. The van der Waals surface area contributed by atoms with Crippen LogP contribution in [-0.2, 0) is 28.6 Å². The van der Waals surface area contributed by atoms with Gasteiger partial charge >= 0.3 is 17.9 Å². The number of unbranched alkanes of at least 4 members (excludes halogenated alkanes) is 39. The minimum absolute atomic E-state index is 0.109. The van der Waals surface area contributed by atoms with Crippen molar-refractivity contribution in [2.75, 3.05) is 13.2 Å². The molecule has 0 aliphatic heterocycles. The first-order valence-corrected chi connectivity index (χ1v) is 35.7. The van der Waals surface area contributed by atoms with Crippen LogP contribution in [0.1, 0.15) is 355 Å². The molecule has 0 heterocycles. The molecule has 1 unspecified atom stereocenters. The standard InChI is InChI=1S/C77H134O6/c1-4-7-10-13-16-19-22-25-28-30-31-32-33-34-35-36-37-38-39-40-41-42-43-44-45-47-49-52-55-58-61-64-67-70-76(79)82-73-74(72-81-75(78)69-66-63-60-57-54-51-48-27-24-21-18-15-12-9-6-3)83-77(80)71-68-65-62-59-56-53-50-46-29-26-23-20-17-14-11-8-5-2/h8-9,11-12,17-18,20-21,26-27,29,48,54,57,63,66,74H,4-7,10,13-16,19,22-25,28,30-47,49-53,55-56,58-62,64-65,67-73H2,1-3H3/b11-8-,12-9-,20-17-,21-18-,29-26-,48-27-,57-54-,66-63-. The van der Waals surface area contributed by atoms with Gasteiger partial charge in [-0.15, -0.1) is 0 Å². The van der Waals surface area contributed by atoms with Gasteiger partial charge in [-0.25, -0.2) is 0 Å². The lowest BCUT2D eigenvalue weighted by Gasteiger charge is -2.18. The predicted molar refractivity (Wildman–Crippen MR) is 362 cm³/mol. The zero-order valence-corrected chi connectivity index (χ0v) is 54.9. The predicted octanol–water partition coefficient (Wildman–Crippen LogP) is 24.8. The molecule has 1 atom stereocenters. The van der Waals surface area contributed by atoms with Gasteiger partial charge in [-0.3, -0.25) is 14.4 Å². The average Bonchev–Trinajstić information content (AvgIpc) is 3.49. The number of carbonyl (C=O) groups is 3. The molecule has 0 saturated carbocycles. The van der Waals surface area contributed by atoms with E-state index in [2.05, 4.69) is 106 Å². The molecule has 0 fully saturated rings. The molecular weight excluding hydrogens is 1020 g/mol. The summed E-state index contributed by atoms with van der Waals surface area (Å²) in [4.78, 5) is 38.3. The molecule has 6 heteroatoms. The van der Waals surface area contributed by atoms with E-state index in [1.54, 1.807) is 6.08 Å². The van der Waals surface area contributed by atoms with Gasteiger partial charge < -0.3 is 14.2 Å². The summed E-state index contributed by atoms with van der Waals surface area (Å²) in [7, 11) is 0. The Kier molecular flexibility index (Phi) is 67.7. The number of hydrogen-bond acceptors (Lipinski definition) is 6. The highest BCUT2D eigenvalue weighted by Gasteiger charge is 2.19. The van der Waals surface area contributed by atoms with Gasteiger partial charge in [-0.1, -0.05) is 356 Å². The molecule has 0 aliphatic rings. The van der Waals surface area contributed by atoms with Crippen molar-refractivity contribution in [1.82, 2.24) is 0 Å². The van der Waals surface area contributed by atoms with Crippen molar-refractivity contribution < 1.29 is 28.6 Å². The van der Waals surface area contributed by atoms with Crippen LogP contribution in [0.2, 0.25) is 0 Å². The lowest BCUT2D eigenvalue weighted by Crippen LogP contribution is -2.30. The molecular formula is C77H134O6. The van der Waals surface area contributed by atoms with Gasteiger partial charge in [0.05, 0.1) is 6.42 Å². The van der Waals surface area contributed by atoms with E-state index >= 15 is 0 Å². The first kappa shape index (κ1) is 79.3. The molecule has 0 aromatic heterocycles. The molecule has 0 aromatic carbocycles. The molecule has 0 spiro atoms. The van der Waals surface area contributed by atoms with Crippen molar-refractivity contribution in [1.29, 1.82) is 0 Å². The second kappa shape index (κ2) is 70.8. The van der Waals surface area contributed by atoms with E-state index in [1.165, 1.54) is 218 Å². The summed E-state index contributed by atoms with van der Waals surface area (Å²) in [6.07, 6.45) is 96.4. The zero-order chi connectivity index (χ0) is 59.9. The van der Waals surface area contributed by atoms with Gasteiger partial charge in [0, 0.05) is 12.8 Å². The second-order valence-electron chi connectivity index (χ2n) is 23.8. The zero-order valence-electron chi connectivity index (χ0n) is 54.9. The molecule has 478 valence electrons. The highest BCUT2D eigenvalue weighted by atomic mass is 16.6. The van der Waals surface area contributed by atoms with Gasteiger partial charge in [-0.05, 0) is 77.0 Å². The first-order chi connectivity index (χ1) is 41.0. The summed E-state index contributed by atoms with van der Waals surface area (Å²) in [5, 5.41) is 0. The van der Waals surface area contributed by atoms with Gasteiger partial charge in [0.25, 0.3) is 0 Å². The van der Waals surface area contributed by atoms with Crippen molar-refractivity contribution in [3.05, 3.63) is 97.2 Å². The van der Waals surface area contributed by atoms with Crippen LogP contribution < -0.4 is 0 Å². The van der Waals surface area contributed by atoms with Gasteiger partial charge in [-0.2, -0.15) is 0 Å². The van der Waals surface area contributed by atoms with Gasteiger partial charge in [0.1, 0.15) is 13.2 Å². The Morgan fingerprint density at radius 2 is 0.518 bits per heavy atom. The summed E-state index contributed by atoms with van der Waals surface area (Å²) in [5.41, 5.74) is 0. The van der Waals surface area contributed by atoms with Crippen LogP contribution in [0.5, 0.6) is 0 Å². The van der Waals surface area contributed by atoms with Crippen LogP contribution in [0.15, 0.2) is 97.2 Å². The smallest absolute Gasteiger partial charge is 0.309 e. The van der Waals surface area contributed by atoms with Crippen molar-refractivity contribution in [3.8, 4) is 0 Å². The lowest BCUT2D eigenvalue weighted by atomic mass is 10.0. The third kappa shape index (κ3) is 69.0. The molecule has 0 radical (unpaired) electrons. The molecule has 0 amide bonds. The third-order valence-electron chi connectivity index (χ3n) is 15.6.